The van der Waals surface area contributed by atoms with Crippen LogP contribution in [0.5, 0.6) is 0 Å². The van der Waals surface area contributed by atoms with Crippen molar-refractivity contribution in [3.8, 4) is 0 Å². The first-order valence-corrected chi connectivity index (χ1v) is 8.17. The Morgan fingerprint density at radius 1 is 1.14 bits per heavy atom. The highest BCUT2D eigenvalue weighted by Crippen LogP contribution is 2.28. The maximum Gasteiger partial charge on any atom is 0.124 e. The molecule has 1 N–H and O–H groups in total. The summed E-state index contributed by atoms with van der Waals surface area (Å²) in [5, 5.41) is 3.66. The summed E-state index contributed by atoms with van der Waals surface area (Å²) >= 11 is 3.45. The Labute approximate surface area is 134 Å². The monoisotopic (exact) mass is 349 g/mol. The van der Waals surface area contributed by atoms with Gasteiger partial charge in [-0.05, 0) is 36.6 Å². The van der Waals surface area contributed by atoms with Crippen molar-refractivity contribution >= 4 is 15.9 Å². The second-order valence-electron chi connectivity index (χ2n) is 5.31. The number of benzene rings is 2. The molecule has 0 aromatic heterocycles. The van der Waals surface area contributed by atoms with Crippen molar-refractivity contribution in [1.29, 1.82) is 0 Å². The normalized spacial score (nSPS) is 13.9. The van der Waals surface area contributed by atoms with Crippen molar-refractivity contribution in [2.75, 3.05) is 0 Å². The average molecular weight is 350 g/mol. The highest BCUT2D eigenvalue weighted by atomic mass is 79.9. The van der Waals surface area contributed by atoms with Gasteiger partial charge in [0.15, 0.2) is 0 Å². The van der Waals surface area contributed by atoms with E-state index in [-0.39, 0.29) is 11.9 Å². The van der Waals surface area contributed by atoms with Gasteiger partial charge in [-0.15, -0.1) is 0 Å². The second kappa shape index (κ2) is 7.71. The highest BCUT2D eigenvalue weighted by Gasteiger charge is 2.16. The fourth-order valence-electron chi connectivity index (χ4n) is 2.56. The van der Waals surface area contributed by atoms with Crippen LogP contribution in [0.4, 0.5) is 4.39 Å². The predicted octanol–water partition coefficient (Wildman–Crippen LogP) is 5.78. The van der Waals surface area contributed by atoms with Crippen LogP contribution in [0.3, 0.4) is 0 Å². The Bertz CT molecular complexity index is 571. The van der Waals surface area contributed by atoms with Crippen molar-refractivity contribution in [2.45, 2.75) is 38.8 Å². The summed E-state index contributed by atoms with van der Waals surface area (Å²) in [6.45, 7) is 4.31. The molecule has 0 spiro atoms. The largest absolute Gasteiger partial charge is 0.303 e. The number of nitrogens with one attached hydrogen (secondary N) is 1. The molecular weight excluding hydrogens is 329 g/mol. The van der Waals surface area contributed by atoms with Crippen LogP contribution in [-0.4, -0.2) is 0 Å². The van der Waals surface area contributed by atoms with Gasteiger partial charge in [-0.3, -0.25) is 0 Å². The molecule has 0 bridgehead atoms. The molecule has 3 heteroatoms. The Kier molecular flexibility index (Phi) is 5.95. The van der Waals surface area contributed by atoms with Crippen molar-refractivity contribution in [3.63, 3.8) is 0 Å². The Balaban J connectivity index is 2.16. The van der Waals surface area contributed by atoms with Crippen LogP contribution in [0.25, 0.3) is 0 Å². The molecule has 0 amide bonds. The highest BCUT2D eigenvalue weighted by molar-refractivity contribution is 9.10. The van der Waals surface area contributed by atoms with Gasteiger partial charge >= 0.3 is 0 Å². The summed E-state index contributed by atoms with van der Waals surface area (Å²) in [4.78, 5) is 0. The van der Waals surface area contributed by atoms with Crippen LogP contribution >= 0.6 is 15.9 Å². The molecule has 0 radical (unpaired) electrons. The minimum absolute atomic E-state index is 0.150. The SMILES string of the molecule is CCCC(NC(C)c1ccc(F)cc1Br)c1ccccc1. The zero-order valence-corrected chi connectivity index (χ0v) is 14.0. The van der Waals surface area contributed by atoms with E-state index >= 15 is 0 Å². The first-order chi connectivity index (χ1) is 10.1. The van der Waals surface area contributed by atoms with Crippen LogP contribution < -0.4 is 5.32 Å². The topological polar surface area (TPSA) is 12.0 Å². The van der Waals surface area contributed by atoms with E-state index in [0.717, 1.165) is 22.9 Å². The van der Waals surface area contributed by atoms with E-state index in [0.29, 0.717) is 6.04 Å². The summed E-state index contributed by atoms with van der Waals surface area (Å²) in [6, 6.07) is 15.8. The lowest BCUT2D eigenvalue weighted by Crippen LogP contribution is -2.25. The predicted molar refractivity (Wildman–Crippen MR) is 89.7 cm³/mol. The van der Waals surface area contributed by atoms with Gasteiger partial charge in [-0.2, -0.15) is 0 Å². The molecule has 112 valence electrons. The third-order valence-corrected chi connectivity index (χ3v) is 4.35. The molecule has 0 aliphatic heterocycles. The minimum Gasteiger partial charge on any atom is -0.303 e. The van der Waals surface area contributed by atoms with E-state index in [4.69, 9.17) is 0 Å². The summed E-state index contributed by atoms with van der Waals surface area (Å²) < 4.78 is 14.0. The molecule has 2 unspecified atom stereocenters. The lowest BCUT2D eigenvalue weighted by Gasteiger charge is -2.24. The second-order valence-corrected chi connectivity index (χ2v) is 6.16. The minimum atomic E-state index is -0.217. The number of halogens is 2. The van der Waals surface area contributed by atoms with E-state index in [1.54, 1.807) is 0 Å². The lowest BCUT2D eigenvalue weighted by atomic mass is 9.99. The van der Waals surface area contributed by atoms with Gasteiger partial charge in [-0.25, -0.2) is 4.39 Å². The average Bonchev–Trinajstić information content (AvgIpc) is 2.47. The third kappa shape index (κ3) is 4.39. The van der Waals surface area contributed by atoms with Crippen LogP contribution in [-0.2, 0) is 0 Å². The van der Waals surface area contributed by atoms with E-state index in [9.17, 15) is 4.39 Å². The Morgan fingerprint density at radius 2 is 1.86 bits per heavy atom. The van der Waals surface area contributed by atoms with Gasteiger partial charge in [0.2, 0.25) is 0 Å². The molecule has 21 heavy (non-hydrogen) atoms. The number of hydrogen-bond acceptors (Lipinski definition) is 1. The standard InChI is InChI=1S/C18H21BrFN/c1-3-7-18(14-8-5-4-6-9-14)21-13(2)16-11-10-15(20)12-17(16)19/h4-6,8-13,18,21H,3,7H2,1-2H3. The molecule has 0 saturated carbocycles. The first kappa shape index (κ1) is 16.2. The summed E-state index contributed by atoms with van der Waals surface area (Å²) in [6.07, 6.45) is 2.19. The van der Waals surface area contributed by atoms with E-state index in [1.807, 2.05) is 12.1 Å². The fraction of sp³-hybridized carbons (Fsp3) is 0.333. The Morgan fingerprint density at radius 3 is 2.48 bits per heavy atom. The van der Waals surface area contributed by atoms with E-state index < -0.39 is 0 Å². The molecule has 2 atom stereocenters. The summed E-state index contributed by atoms with van der Waals surface area (Å²) in [7, 11) is 0. The van der Waals surface area contributed by atoms with E-state index in [2.05, 4.69) is 59.4 Å². The van der Waals surface area contributed by atoms with Gasteiger partial charge in [0.25, 0.3) is 0 Å². The third-order valence-electron chi connectivity index (χ3n) is 3.66. The molecule has 2 aromatic rings. The van der Waals surface area contributed by atoms with Crippen molar-refractivity contribution in [1.82, 2.24) is 5.32 Å². The molecule has 0 aliphatic carbocycles. The molecule has 0 saturated heterocycles. The van der Waals surface area contributed by atoms with Crippen LogP contribution in [0.2, 0.25) is 0 Å². The maximum absolute atomic E-state index is 13.2. The maximum atomic E-state index is 13.2. The van der Waals surface area contributed by atoms with Crippen LogP contribution in [0, 0.1) is 5.82 Å². The van der Waals surface area contributed by atoms with Gasteiger partial charge in [-0.1, -0.05) is 65.7 Å². The molecule has 1 nitrogen and oxygen atoms in total. The van der Waals surface area contributed by atoms with Crippen LogP contribution in [0.15, 0.2) is 53.0 Å². The molecule has 0 heterocycles. The van der Waals surface area contributed by atoms with Crippen molar-refractivity contribution in [3.05, 3.63) is 69.9 Å². The first-order valence-electron chi connectivity index (χ1n) is 7.37. The van der Waals surface area contributed by atoms with Gasteiger partial charge in [0.05, 0.1) is 0 Å². The molecule has 2 aromatic carbocycles. The molecule has 0 fully saturated rings. The zero-order valence-electron chi connectivity index (χ0n) is 12.4. The molecular formula is C18H21BrFN. The van der Waals surface area contributed by atoms with Crippen molar-refractivity contribution < 1.29 is 4.39 Å². The molecule has 0 aliphatic rings. The zero-order chi connectivity index (χ0) is 15.2. The van der Waals surface area contributed by atoms with Gasteiger partial charge in [0.1, 0.15) is 5.82 Å². The number of hydrogen-bond donors (Lipinski definition) is 1. The lowest BCUT2D eigenvalue weighted by molar-refractivity contribution is 0.438. The van der Waals surface area contributed by atoms with Gasteiger partial charge < -0.3 is 5.32 Å². The number of rotatable bonds is 6. The Hall–Kier alpha value is -1.19. The quantitative estimate of drug-likeness (QED) is 0.696. The smallest absolute Gasteiger partial charge is 0.124 e. The molecule has 2 rings (SSSR count). The van der Waals surface area contributed by atoms with E-state index in [1.165, 1.54) is 17.7 Å². The van der Waals surface area contributed by atoms with Gasteiger partial charge in [0, 0.05) is 16.6 Å². The summed E-state index contributed by atoms with van der Waals surface area (Å²) in [5.41, 5.74) is 2.37. The summed E-state index contributed by atoms with van der Waals surface area (Å²) in [5.74, 6) is -0.217. The fourth-order valence-corrected chi connectivity index (χ4v) is 3.26. The van der Waals surface area contributed by atoms with Crippen molar-refractivity contribution in [2.24, 2.45) is 0 Å². The van der Waals surface area contributed by atoms with Crippen LogP contribution in [0.1, 0.15) is 49.9 Å².